The van der Waals surface area contributed by atoms with E-state index in [1.165, 1.54) is 38.5 Å². The van der Waals surface area contributed by atoms with E-state index in [2.05, 4.69) is 20.9 Å². The first-order valence-corrected chi connectivity index (χ1v) is 9.99. The standard InChI is InChI=1S/C17H23BrN2OS/c1-20(8-14-9-22-11-19-14)15(21)7-16-3-12-2-13(4-16)6-17(18,5-12)10-16/h9,11-13H,2-8,10H2,1H3. The molecule has 0 spiro atoms. The number of alkyl halides is 1. The molecule has 22 heavy (non-hydrogen) atoms. The first-order valence-electron chi connectivity index (χ1n) is 8.25. The van der Waals surface area contributed by atoms with Crippen molar-refractivity contribution in [2.24, 2.45) is 17.3 Å². The molecule has 4 aliphatic rings. The highest BCUT2D eigenvalue weighted by molar-refractivity contribution is 9.10. The molecule has 2 atom stereocenters. The van der Waals surface area contributed by atoms with E-state index in [1.54, 1.807) is 11.3 Å². The summed E-state index contributed by atoms with van der Waals surface area (Å²) >= 11 is 5.63. The van der Waals surface area contributed by atoms with Gasteiger partial charge in [-0.05, 0) is 55.8 Å². The summed E-state index contributed by atoms with van der Waals surface area (Å²) in [6.45, 7) is 0.644. The van der Waals surface area contributed by atoms with Crippen molar-refractivity contribution in [2.75, 3.05) is 7.05 Å². The second kappa shape index (κ2) is 5.30. The molecular weight excluding hydrogens is 360 g/mol. The van der Waals surface area contributed by atoms with E-state index in [-0.39, 0.29) is 5.41 Å². The molecule has 1 heterocycles. The Hall–Kier alpha value is -0.420. The number of hydrogen-bond donors (Lipinski definition) is 0. The SMILES string of the molecule is CN(Cc1cscn1)C(=O)CC12CC3CC(CC(Br)(C3)C1)C2. The molecule has 0 aromatic carbocycles. The highest BCUT2D eigenvalue weighted by Gasteiger charge is 2.57. The molecule has 1 amide bonds. The van der Waals surface area contributed by atoms with Crippen LogP contribution in [0.15, 0.2) is 10.9 Å². The number of carbonyl (C=O) groups excluding carboxylic acids is 1. The second-order valence-corrected chi connectivity index (χ2v) is 10.4. The fourth-order valence-corrected chi connectivity index (χ4v) is 7.71. The summed E-state index contributed by atoms with van der Waals surface area (Å²) in [5, 5.41) is 2.03. The Morgan fingerprint density at radius 1 is 1.41 bits per heavy atom. The Kier molecular flexibility index (Phi) is 3.65. The quantitative estimate of drug-likeness (QED) is 0.730. The van der Waals surface area contributed by atoms with Crippen molar-refractivity contribution in [3.63, 3.8) is 0 Å². The molecule has 5 heteroatoms. The molecule has 4 aliphatic carbocycles. The summed E-state index contributed by atoms with van der Waals surface area (Å²) in [5.41, 5.74) is 3.10. The maximum absolute atomic E-state index is 12.7. The third-order valence-electron chi connectivity index (χ3n) is 5.95. The van der Waals surface area contributed by atoms with E-state index in [1.807, 2.05) is 22.8 Å². The minimum Gasteiger partial charge on any atom is -0.340 e. The van der Waals surface area contributed by atoms with Crippen LogP contribution in [0, 0.1) is 17.3 Å². The van der Waals surface area contributed by atoms with Crippen LogP contribution >= 0.6 is 27.3 Å². The predicted octanol–water partition coefficient (Wildman–Crippen LogP) is 4.23. The zero-order chi connectivity index (χ0) is 15.4. The van der Waals surface area contributed by atoms with Crippen molar-refractivity contribution in [3.05, 3.63) is 16.6 Å². The molecular formula is C17H23BrN2OS. The molecule has 4 fully saturated rings. The van der Waals surface area contributed by atoms with Crippen LogP contribution in [-0.4, -0.2) is 27.2 Å². The predicted molar refractivity (Wildman–Crippen MR) is 92.0 cm³/mol. The van der Waals surface area contributed by atoms with Crippen molar-refractivity contribution in [3.8, 4) is 0 Å². The van der Waals surface area contributed by atoms with E-state index in [9.17, 15) is 4.79 Å². The van der Waals surface area contributed by atoms with Crippen LogP contribution in [-0.2, 0) is 11.3 Å². The Balaban J connectivity index is 1.45. The first-order chi connectivity index (χ1) is 10.5. The van der Waals surface area contributed by atoms with Gasteiger partial charge in [0.1, 0.15) is 0 Å². The van der Waals surface area contributed by atoms with Crippen molar-refractivity contribution >= 4 is 33.2 Å². The molecule has 120 valence electrons. The van der Waals surface area contributed by atoms with Crippen LogP contribution < -0.4 is 0 Å². The fraction of sp³-hybridized carbons (Fsp3) is 0.765. The maximum atomic E-state index is 12.7. The first kappa shape index (κ1) is 15.1. The Labute approximate surface area is 144 Å². The Morgan fingerprint density at radius 2 is 2.14 bits per heavy atom. The number of amides is 1. The van der Waals surface area contributed by atoms with Gasteiger partial charge in [-0.3, -0.25) is 4.79 Å². The normalized spacial score (nSPS) is 39.2. The highest BCUT2D eigenvalue weighted by Crippen LogP contribution is 2.65. The van der Waals surface area contributed by atoms with Gasteiger partial charge in [-0.15, -0.1) is 11.3 Å². The number of rotatable bonds is 4. The monoisotopic (exact) mass is 382 g/mol. The number of hydrogen-bond acceptors (Lipinski definition) is 3. The number of carbonyl (C=O) groups is 1. The van der Waals surface area contributed by atoms with Crippen molar-refractivity contribution < 1.29 is 4.79 Å². The number of halogens is 1. The molecule has 0 radical (unpaired) electrons. The minimum absolute atomic E-state index is 0.265. The molecule has 5 rings (SSSR count). The van der Waals surface area contributed by atoms with Gasteiger partial charge in [0.05, 0.1) is 17.7 Å². The van der Waals surface area contributed by atoms with E-state index >= 15 is 0 Å². The van der Waals surface area contributed by atoms with Gasteiger partial charge in [0.2, 0.25) is 5.91 Å². The molecule has 3 nitrogen and oxygen atoms in total. The van der Waals surface area contributed by atoms with E-state index in [0.717, 1.165) is 24.0 Å². The van der Waals surface area contributed by atoms with E-state index < -0.39 is 0 Å². The number of thiazole rings is 1. The van der Waals surface area contributed by atoms with Gasteiger partial charge in [0, 0.05) is 23.2 Å². The van der Waals surface area contributed by atoms with Crippen molar-refractivity contribution in [2.45, 2.75) is 55.8 Å². The van der Waals surface area contributed by atoms with Crippen molar-refractivity contribution in [1.82, 2.24) is 9.88 Å². The van der Waals surface area contributed by atoms with Gasteiger partial charge in [-0.2, -0.15) is 0 Å². The van der Waals surface area contributed by atoms with Crippen molar-refractivity contribution in [1.29, 1.82) is 0 Å². The van der Waals surface area contributed by atoms with Crippen LogP contribution in [0.2, 0.25) is 0 Å². The van der Waals surface area contributed by atoms with Gasteiger partial charge in [-0.25, -0.2) is 4.98 Å². The van der Waals surface area contributed by atoms with Crippen LogP contribution in [0.5, 0.6) is 0 Å². The Bertz CT molecular complexity index is 559. The summed E-state index contributed by atoms with van der Waals surface area (Å²) in [5.74, 6) is 1.99. The maximum Gasteiger partial charge on any atom is 0.223 e. The summed E-state index contributed by atoms with van der Waals surface area (Å²) in [6, 6.07) is 0. The molecule has 0 aliphatic heterocycles. The van der Waals surface area contributed by atoms with Gasteiger partial charge < -0.3 is 4.90 Å². The zero-order valence-corrected chi connectivity index (χ0v) is 15.5. The number of nitrogens with zero attached hydrogens (tertiary/aromatic N) is 2. The van der Waals surface area contributed by atoms with Gasteiger partial charge in [-0.1, -0.05) is 15.9 Å². The zero-order valence-electron chi connectivity index (χ0n) is 13.1. The average molecular weight is 383 g/mol. The van der Waals surface area contributed by atoms with Gasteiger partial charge >= 0.3 is 0 Å². The lowest BCUT2D eigenvalue weighted by atomic mass is 9.48. The molecule has 1 aromatic rings. The summed E-state index contributed by atoms with van der Waals surface area (Å²) in [4.78, 5) is 18.9. The van der Waals surface area contributed by atoms with E-state index in [0.29, 0.717) is 16.8 Å². The van der Waals surface area contributed by atoms with Crippen LogP contribution in [0.3, 0.4) is 0 Å². The van der Waals surface area contributed by atoms with Crippen LogP contribution in [0.1, 0.15) is 50.6 Å². The molecule has 4 bridgehead atoms. The smallest absolute Gasteiger partial charge is 0.223 e. The molecule has 4 saturated carbocycles. The fourth-order valence-electron chi connectivity index (χ4n) is 5.65. The van der Waals surface area contributed by atoms with Crippen LogP contribution in [0.25, 0.3) is 0 Å². The van der Waals surface area contributed by atoms with Gasteiger partial charge in [0.25, 0.3) is 0 Å². The largest absolute Gasteiger partial charge is 0.340 e. The highest BCUT2D eigenvalue weighted by atomic mass is 79.9. The third kappa shape index (κ3) is 2.75. The molecule has 0 saturated heterocycles. The lowest BCUT2D eigenvalue weighted by Gasteiger charge is -2.60. The summed E-state index contributed by atoms with van der Waals surface area (Å²) in [7, 11) is 1.92. The second-order valence-electron chi connectivity index (χ2n) is 8.02. The van der Waals surface area contributed by atoms with Crippen LogP contribution in [0.4, 0.5) is 0 Å². The topological polar surface area (TPSA) is 33.2 Å². The lowest BCUT2D eigenvalue weighted by Crippen LogP contribution is -2.54. The molecule has 2 unspecified atom stereocenters. The number of aromatic nitrogens is 1. The lowest BCUT2D eigenvalue weighted by molar-refractivity contribution is -0.137. The molecule has 1 aromatic heterocycles. The molecule has 0 N–H and O–H groups in total. The Morgan fingerprint density at radius 3 is 2.73 bits per heavy atom. The van der Waals surface area contributed by atoms with E-state index in [4.69, 9.17) is 0 Å². The average Bonchev–Trinajstić information content (AvgIpc) is 2.87. The summed E-state index contributed by atoms with van der Waals surface area (Å²) < 4.78 is 0.338. The van der Waals surface area contributed by atoms with Gasteiger partial charge in [0.15, 0.2) is 0 Å². The summed E-state index contributed by atoms with van der Waals surface area (Å²) in [6.07, 6.45) is 8.53. The third-order valence-corrected chi connectivity index (χ3v) is 7.51. The minimum atomic E-state index is 0.265.